The summed E-state index contributed by atoms with van der Waals surface area (Å²) in [7, 11) is 0. The average molecular weight is 390 g/mol. The summed E-state index contributed by atoms with van der Waals surface area (Å²) in [4.78, 5) is 9.52. The molecule has 8 heteroatoms. The van der Waals surface area contributed by atoms with Crippen molar-refractivity contribution < 1.29 is 0 Å². The van der Waals surface area contributed by atoms with E-state index in [4.69, 9.17) is 10.1 Å². The van der Waals surface area contributed by atoms with E-state index in [2.05, 4.69) is 51.4 Å². The Morgan fingerprint density at radius 3 is 2.52 bits per heavy atom. The van der Waals surface area contributed by atoms with Crippen LogP contribution in [-0.2, 0) is 12.0 Å². The van der Waals surface area contributed by atoms with Gasteiger partial charge in [0.1, 0.15) is 11.5 Å². The fraction of sp³-hybridized carbons (Fsp3) is 0.429. The lowest BCUT2D eigenvalue weighted by atomic mass is 9.96. The summed E-state index contributed by atoms with van der Waals surface area (Å²) < 4.78 is 3.97. The van der Waals surface area contributed by atoms with Gasteiger partial charge in [-0.15, -0.1) is 15.3 Å². The largest absolute Gasteiger partial charge is 0.353 e. The number of fused-ring (bicyclic) bond motifs is 2. The highest BCUT2D eigenvalue weighted by Crippen LogP contribution is 2.22. The van der Waals surface area contributed by atoms with Gasteiger partial charge in [-0.1, -0.05) is 26.8 Å². The quantitative estimate of drug-likeness (QED) is 0.535. The molecule has 0 bridgehead atoms. The number of piperazine rings is 1. The molecule has 1 fully saturated rings. The second kappa shape index (κ2) is 6.81. The van der Waals surface area contributed by atoms with Crippen LogP contribution >= 0.6 is 0 Å². The van der Waals surface area contributed by atoms with Crippen molar-refractivity contribution in [3.05, 3.63) is 54.2 Å². The molecule has 1 aliphatic rings. The minimum atomic E-state index is -0.0994. The normalized spacial score (nSPS) is 16.2. The number of imidazole rings is 1. The molecule has 0 atom stereocenters. The third kappa shape index (κ3) is 3.44. The van der Waals surface area contributed by atoms with Crippen LogP contribution in [-0.4, -0.2) is 60.3 Å². The van der Waals surface area contributed by atoms with Gasteiger partial charge in [-0.25, -0.2) is 4.98 Å². The van der Waals surface area contributed by atoms with Gasteiger partial charge in [0.15, 0.2) is 11.5 Å². The lowest BCUT2D eigenvalue weighted by molar-refractivity contribution is 0.247. The lowest BCUT2D eigenvalue weighted by Crippen LogP contribution is -2.46. The molecule has 0 spiro atoms. The summed E-state index contributed by atoms with van der Waals surface area (Å²) in [5.41, 5.74) is 2.81. The molecule has 8 nitrogen and oxygen atoms in total. The highest BCUT2D eigenvalue weighted by Gasteiger charge is 2.24. The Labute approximate surface area is 169 Å². The second-order valence-electron chi connectivity index (χ2n) is 8.70. The summed E-state index contributed by atoms with van der Waals surface area (Å²) in [5, 5.41) is 13.5. The van der Waals surface area contributed by atoms with Crippen molar-refractivity contribution in [2.75, 3.05) is 31.1 Å². The topological polar surface area (TPSA) is 66.9 Å². The van der Waals surface area contributed by atoms with Crippen molar-refractivity contribution >= 4 is 17.1 Å². The first-order chi connectivity index (χ1) is 14.0. The van der Waals surface area contributed by atoms with E-state index < -0.39 is 0 Å². The molecule has 5 rings (SSSR count). The molecule has 5 heterocycles. The monoisotopic (exact) mass is 390 g/mol. The number of hydrogen-bond acceptors (Lipinski definition) is 6. The van der Waals surface area contributed by atoms with Gasteiger partial charge in [0.05, 0.1) is 5.69 Å². The molecule has 0 amide bonds. The van der Waals surface area contributed by atoms with E-state index in [0.29, 0.717) is 0 Å². The van der Waals surface area contributed by atoms with Crippen LogP contribution in [0, 0.1) is 0 Å². The molecular formula is C21H26N8. The van der Waals surface area contributed by atoms with Crippen molar-refractivity contribution in [3.8, 4) is 0 Å². The molecule has 150 valence electrons. The van der Waals surface area contributed by atoms with Gasteiger partial charge in [-0.3, -0.25) is 4.90 Å². The number of nitrogens with zero attached hydrogens (tertiary/aromatic N) is 8. The molecule has 0 aliphatic carbocycles. The van der Waals surface area contributed by atoms with Crippen LogP contribution in [0.3, 0.4) is 0 Å². The van der Waals surface area contributed by atoms with Crippen LogP contribution in [0.1, 0.15) is 32.3 Å². The minimum Gasteiger partial charge on any atom is -0.353 e. The molecular weight excluding hydrogens is 364 g/mol. The Kier molecular flexibility index (Phi) is 4.24. The number of anilines is 1. The summed E-state index contributed by atoms with van der Waals surface area (Å²) in [5.74, 6) is 1.87. The second-order valence-corrected chi connectivity index (χ2v) is 8.70. The first kappa shape index (κ1) is 18.1. The molecule has 4 aromatic rings. The van der Waals surface area contributed by atoms with Crippen molar-refractivity contribution in [3.63, 3.8) is 0 Å². The molecule has 0 N–H and O–H groups in total. The third-order valence-electron chi connectivity index (χ3n) is 5.42. The van der Waals surface area contributed by atoms with Gasteiger partial charge in [0, 0.05) is 50.5 Å². The zero-order valence-corrected chi connectivity index (χ0v) is 17.2. The number of hydrogen-bond donors (Lipinski definition) is 0. The highest BCUT2D eigenvalue weighted by atomic mass is 15.4. The Bertz CT molecular complexity index is 1110. The third-order valence-corrected chi connectivity index (χ3v) is 5.42. The first-order valence-electron chi connectivity index (χ1n) is 10.1. The SMILES string of the molecule is CC(C)(C)c1nnc2ccc(N3CCN(Cc4cn5ccccc5n4)CC3)nn12. The molecule has 1 aliphatic heterocycles. The van der Waals surface area contributed by atoms with E-state index in [1.54, 1.807) is 0 Å². The molecule has 1 saturated heterocycles. The van der Waals surface area contributed by atoms with E-state index in [-0.39, 0.29) is 5.41 Å². The fourth-order valence-corrected chi connectivity index (χ4v) is 3.84. The zero-order valence-electron chi connectivity index (χ0n) is 17.2. The lowest BCUT2D eigenvalue weighted by Gasteiger charge is -2.35. The fourth-order valence-electron chi connectivity index (χ4n) is 3.84. The average Bonchev–Trinajstić information content (AvgIpc) is 3.31. The Balaban J connectivity index is 1.29. The van der Waals surface area contributed by atoms with E-state index in [9.17, 15) is 0 Å². The van der Waals surface area contributed by atoms with E-state index in [1.807, 2.05) is 41.0 Å². The maximum Gasteiger partial charge on any atom is 0.178 e. The predicted molar refractivity (Wildman–Crippen MR) is 112 cm³/mol. The van der Waals surface area contributed by atoms with Crippen LogP contribution < -0.4 is 4.90 Å². The number of rotatable bonds is 3. The summed E-state index contributed by atoms with van der Waals surface area (Å²) >= 11 is 0. The van der Waals surface area contributed by atoms with Gasteiger partial charge >= 0.3 is 0 Å². The Morgan fingerprint density at radius 1 is 0.931 bits per heavy atom. The Morgan fingerprint density at radius 2 is 1.76 bits per heavy atom. The van der Waals surface area contributed by atoms with Gasteiger partial charge in [0.2, 0.25) is 0 Å². The van der Waals surface area contributed by atoms with Crippen molar-refractivity contribution in [2.24, 2.45) is 0 Å². The predicted octanol–water partition coefficient (Wildman–Crippen LogP) is 2.39. The first-order valence-corrected chi connectivity index (χ1v) is 10.1. The number of pyridine rings is 1. The summed E-state index contributed by atoms with van der Waals surface area (Å²) in [6, 6.07) is 10.2. The smallest absolute Gasteiger partial charge is 0.178 e. The van der Waals surface area contributed by atoms with E-state index in [1.165, 1.54) is 0 Å². The molecule has 4 aromatic heterocycles. The van der Waals surface area contributed by atoms with Crippen molar-refractivity contribution in [2.45, 2.75) is 32.7 Å². The Hall–Kier alpha value is -3.00. The minimum absolute atomic E-state index is 0.0994. The summed E-state index contributed by atoms with van der Waals surface area (Å²) in [6.07, 6.45) is 4.17. The van der Waals surface area contributed by atoms with Crippen LogP contribution in [0.15, 0.2) is 42.7 Å². The molecule has 0 saturated carbocycles. The summed E-state index contributed by atoms with van der Waals surface area (Å²) in [6.45, 7) is 11.1. The van der Waals surface area contributed by atoms with E-state index >= 15 is 0 Å². The van der Waals surface area contributed by atoms with Crippen molar-refractivity contribution in [1.82, 2.24) is 34.1 Å². The van der Waals surface area contributed by atoms with Crippen molar-refractivity contribution in [1.29, 1.82) is 0 Å². The maximum atomic E-state index is 4.85. The van der Waals surface area contributed by atoms with Crippen LogP contribution in [0.5, 0.6) is 0 Å². The molecule has 0 aromatic carbocycles. The highest BCUT2D eigenvalue weighted by molar-refractivity contribution is 5.46. The van der Waals surface area contributed by atoms with E-state index in [0.717, 1.165) is 61.4 Å². The van der Waals surface area contributed by atoms with Gasteiger partial charge in [-0.2, -0.15) is 4.52 Å². The zero-order chi connectivity index (χ0) is 20.0. The van der Waals surface area contributed by atoms with Gasteiger partial charge in [0.25, 0.3) is 0 Å². The van der Waals surface area contributed by atoms with Gasteiger partial charge in [-0.05, 0) is 24.3 Å². The maximum absolute atomic E-state index is 4.85. The van der Waals surface area contributed by atoms with Crippen LogP contribution in [0.4, 0.5) is 5.82 Å². The molecule has 0 unspecified atom stereocenters. The standard InChI is InChI=1S/C21H26N8/c1-21(2,3)20-24-23-18-7-8-19(25-29(18)20)27-12-10-26(11-13-27)14-16-15-28-9-5-4-6-17(28)22-16/h4-9,15H,10-14H2,1-3H3. The molecule has 29 heavy (non-hydrogen) atoms. The number of aromatic nitrogens is 6. The van der Waals surface area contributed by atoms with Crippen LogP contribution in [0.25, 0.3) is 11.3 Å². The van der Waals surface area contributed by atoms with Gasteiger partial charge < -0.3 is 9.30 Å². The molecule has 0 radical (unpaired) electrons. The van der Waals surface area contributed by atoms with Crippen LogP contribution in [0.2, 0.25) is 0 Å².